The van der Waals surface area contributed by atoms with E-state index in [1.165, 1.54) is 24.3 Å². The summed E-state index contributed by atoms with van der Waals surface area (Å²) in [6.07, 6.45) is -0.133. The topological polar surface area (TPSA) is 112 Å². The summed E-state index contributed by atoms with van der Waals surface area (Å²) in [4.78, 5) is 49.0. The normalized spacial score (nSPS) is 15.6. The van der Waals surface area contributed by atoms with E-state index >= 15 is 0 Å². The molecule has 198 valence electrons. The van der Waals surface area contributed by atoms with Gasteiger partial charge in [-0.2, -0.15) is 4.99 Å². The van der Waals surface area contributed by atoms with Gasteiger partial charge in [-0.05, 0) is 54.1 Å². The number of thioether (sulfide) groups is 1. The van der Waals surface area contributed by atoms with Gasteiger partial charge in [0.1, 0.15) is 23.4 Å². The van der Waals surface area contributed by atoms with Crippen molar-refractivity contribution < 1.29 is 23.5 Å². The minimum atomic E-state index is -0.893. The molecule has 0 saturated heterocycles. The number of hydrogen-bond donors (Lipinski definition) is 2. The predicted molar refractivity (Wildman–Crippen MR) is 148 cm³/mol. The van der Waals surface area contributed by atoms with E-state index in [0.29, 0.717) is 40.2 Å². The summed E-state index contributed by atoms with van der Waals surface area (Å²) >= 11 is 1.13. The smallest absolute Gasteiger partial charge is 0.271 e. The Kier molecular flexibility index (Phi) is 7.69. The van der Waals surface area contributed by atoms with Crippen molar-refractivity contribution in [2.75, 3.05) is 18.2 Å². The molecule has 1 atom stereocenters. The lowest BCUT2D eigenvalue weighted by Crippen LogP contribution is -2.46. The molecular formula is C28H24FN5O4S. The number of fused-ring (bicyclic) bond motifs is 3. The fourth-order valence-electron chi connectivity index (χ4n) is 4.15. The van der Waals surface area contributed by atoms with Crippen LogP contribution in [0.3, 0.4) is 0 Å². The van der Waals surface area contributed by atoms with Crippen molar-refractivity contribution >= 4 is 51.9 Å². The Labute approximate surface area is 228 Å². The number of rotatable bonds is 8. The first-order chi connectivity index (χ1) is 18.9. The second kappa shape index (κ2) is 11.5. The van der Waals surface area contributed by atoms with E-state index in [1.807, 2.05) is 30.3 Å². The monoisotopic (exact) mass is 545 g/mol. The highest BCUT2D eigenvalue weighted by Crippen LogP contribution is 2.35. The van der Waals surface area contributed by atoms with Crippen LogP contribution in [-0.2, 0) is 20.9 Å². The highest BCUT2D eigenvalue weighted by molar-refractivity contribution is 8.14. The van der Waals surface area contributed by atoms with Gasteiger partial charge >= 0.3 is 0 Å². The summed E-state index contributed by atoms with van der Waals surface area (Å²) in [6, 6.07) is 19.1. The lowest BCUT2D eigenvalue weighted by molar-refractivity contribution is -0.126. The number of methoxy groups -OCH3 is 1. The van der Waals surface area contributed by atoms with Crippen LogP contribution in [0.2, 0.25) is 0 Å². The van der Waals surface area contributed by atoms with Crippen LogP contribution >= 0.6 is 11.8 Å². The number of halogens is 1. The molecule has 3 aromatic carbocycles. The van der Waals surface area contributed by atoms with Gasteiger partial charge in [-0.25, -0.2) is 9.38 Å². The molecule has 11 heteroatoms. The van der Waals surface area contributed by atoms with Gasteiger partial charge < -0.3 is 15.4 Å². The Balaban J connectivity index is 1.29. The third-order valence-electron chi connectivity index (χ3n) is 6.10. The molecule has 2 aliphatic heterocycles. The Morgan fingerprint density at radius 2 is 1.74 bits per heavy atom. The van der Waals surface area contributed by atoms with Crippen molar-refractivity contribution in [1.82, 2.24) is 10.2 Å². The quantitative estimate of drug-likeness (QED) is 0.445. The summed E-state index contributed by atoms with van der Waals surface area (Å²) in [7, 11) is 1.58. The number of carbonyl (C=O) groups is 3. The summed E-state index contributed by atoms with van der Waals surface area (Å²) in [5.41, 5.74) is 2.64. The number of nitrogens with one attached hydrogen (secondary N) is 2. The van der Waals surface area contributed by atoms with E-state index in [0.717, 1.165) is 17.3 Å². The number of amidine groups is 2. The second-order valence-corrected chi connectivity index (χ2v) is 9.69. The number of amides is 3. The Hall–Kier alpha value is -4.51. The van der Waals surface area contributed by atoms with E-state index < -0.39 is 17.8 Å². The Bertz CT molecular complexity index is 1470. The molecule has 0 saturated carbocycles. The predicted octanol–water partition coefficient (Wildman–Crippen LogP) is 3.87. The Morgan fingerprint density at radius 1 is 1.00 bits per heavy atom. The summed E-state index contributed by atoms with van der Waals surface area (Å²) < 4.78 is 18.3. The van der Waals surface area contributed by atoms with Gasteiger partial charge in [-0.1, -0.05) is 36.0 Å². The molecule has 0 bridgehead atoms. The number of anilines is 1. The first-order valence-electron chi connectivity index (χ1n) is 12.1. The lowest BCUT2D eigenvalue weighted by Gasteiger charge is -2.30. The SMILES string of the molecule is COc1ccc(CNC(=O)CC2C(=O)N=C3c4ccccc4N=C(SCC(=O)Nc4ccc(F)cc4)N32)cc1. The molecule has 9 nitrogen and oxygen atoms in total. The van der Waals surface area contributed by atoms with Crippen molar-refractivity contribution in [2.24, 2.45) is 9.98 Å². The molecule has 0 radical (unpaired) electrons. The van der Waals surface area contributed by atoms with Gasteiger partial charge in [-0.15, -0.1) is 0 Å². The van der Waals surface area contributed by atoms with E-state index in [1.54, 1.807) is 30.2 Å². The van der Waals surface area contributed by atoms with Crippen LogP contribution in [0.25, 0.3) is 0 Å². The van der Waals surface area contributed by atoms with Crippen molar-refractivity contribution in [3.05, 3.63) is 89.7 Å². The van der Waals surface area contributed by atoms with E-state index in [-0.39, 0.29) is 24.0 Å². The zero-order chi connectivity index (χ0) is 27.4. The molecule has 2 aliphatic rings. The fourth-order valence-corrected chi connectivity index (χ4v) is 5.00. The summed E-state index contributed by atoms with van der Waals surface area (Å²) in [6.45, 7) is 0.291. The second-order valence-electron chi connectivity index (χ2n) is 8.74. The number of benzene rings is 3. The average Bonchev–Trinajstić information content (AvgIpc) is 3.28. The molecule has 3 aromatic rings. The molecule has 1 unspecified atom stereocenters. The number of aliphatic imine (C=N–C) groups is 2. The highest BCUT2D eigenvalue weighted by atomic mass is 32.2. The third kappa shape index (κ3) is 5.99. The van der Waals surface area contributed by atoms with Crippen LogP contribution < -0.4 is 15.4 Å². The highest BCUT2D eigenvalue weighted by Gasteiger charge is 2.42. The molecule has 0 spiro atoms. The molecular weight excluding hydrogens is 521 g/mol. The van der Waals surface area contributed by atoms with Gasteiger partial charge in [0.15, 0.2) is 5.17 Å². The van der Waals surface area contributed by atoms with E-state index in [4.69, 9.17) is 4.74 Å². The number of ether oxygens (including phenoxy) is 1. The lowest BCUT2D eigenvalue weighted by atomic mass is 10.1. The van der Waals surface area contributed by atoms with Crippen LogP contribution in [0.1, 0.15) is 17.5 Å². The minimum absolute atomic E-state index is 0.0211. The van der Waals surface area contributed by atoms with Crippen molar-refractivity contribution in [3.63, 3.8) is 0 Å². The van der Waals surface area contributed by atoms with Crippen molar-refractivity contribution in [1.29, 1.82) is 0 Å². The van der Waals surface area contributed by atoms with Gasteiger partial charge in [-0.3, -0.25) is 19.3 Å². The Morgan fingerprint density at radius 3 is 2.49 bits per heavy atom. The summed E-state index contributed by atoms with van der Waals surface area (Å²) in [5.74, 6) is -0.407. The maximum absolute atomic E-state index is 13.2. The maximum Gasteiger partial charge on any atom is 0.271 e. The maximum atomic E-state index is 13.2. The number of hydrogen-bond acceptors (Lipinski definition) is 7. The molecule has 0 aliphatic carbocycles. The van der Waals surface area contributed by atoms with Gasteiger partial charge in [0.05, 0.1) is 25.0 Å². The van der Waals surface area contributed by atoms with Crippen molar-refractivity contribution in [3.8, 4) is 5.75 Å². The number of para-hydroxylation sites is 1. The fraction of sp³-hybridized carbons (Fsp3) is 0.179. The first-order valence-corrected chi connectivity index (χ1v) is 13.1. The molecule has 3 amide bonds. The average molecular weight is 546 g/mol. The minimum Gasteiger partial charge on any atom is -0.497 e. The molecule has 2 heterocycles. The van der Waals surface area contributed by atoms with E-state index in [9.17, 15) is 18.8 Å². The largest absolute Gasteiger partial charge is 0.497 e. The van der Waals surface area contributed by atoms with Crippen LogP contribution in [0, 0.1) is 5.82 Å². The van der Waals surface area contributed by atoms with E-state index in [2.05, 4.69) is 20.6 Å². The van der Waals surface area contributed by atoms with Crippen molar-refractivity contribution in [2.45, 2.75) is 19.0 Å². The van der Waals surface area contributed by atoms with Gasteiger partial charge in [0, 0.05) is 17.8 Å². The van der Waals surface area contributed by atoms with Gasteiger partial charge in [0.25, 0.3) is 5.91 Å². The molecule has 0 aromatic heterocycles. The summed E-state index contributed by atoms with van der Waals surface area (Å²) in [5, 5.41) is 5.95. The zero-order valence-corrected chi connectivity index (χ0v) is 21.7. The first kappa shape index (κ1) is 26.1. The number of nitrogens with zero attached hydrogens (tertiary/aromatic N) is 3. The molecule has 39 heavy (non-hydrogen) atoms. The van der Waals surface area contributed by atoms with Gasteiger partial charge in [0.2, 0.25) is 11.8 Å². The zero-order valence-electron chi connectivity index (χ0n) is 20.9. The molecule has 0 fully saturated rings. The standard InChI is InChI=1S/C28H24FN5O4S/c1-38-20-12-6-17(7-13-20)15-30-24(35)14-23-27(37)33-26-21-4-2-3-5-22(21)32-28(34(23)26)39-16-25(36)31-19-10-8-18(29)9-11-19/h2-13,23H,14-16H2,1H3,(H,30,35)(H,31,36). The van der Waals surface area contributed by atoms with Crippen LogP contribution in [0.5, 0.6) is 5.75 Å². The van der Waals surface area contributed by atoms with Crippen LogP contribution in [0.15, 0.2) is 82.8 Å². The van der Waals surface area contributed by atoms with Crippen LogP contribution in [-0.4, -0.2) is 52.5 Å². The molecule has 5 rings (SSSR count). The number of carbonyl (C=O) groups excluding carboxylic acids is 3. The molecule has 2 N–H and O–H groups in total. The van der Waals surface area contributed by atoms with Crippen LogP contribution in [0.4, 0.5) is 15.8 Å². The third-order valence-corrected chi connectivity index (χ3v) is 7.05.